The highest BCUT2D eigenvalue weighted by Gasteiger charge is 2.24. The number of aromatic nitrogens is 4. The smallest absolute Gasteiger partial charge is 0.358 e. The summed E-state index contributed by atoms with van der Waals surface area (Å²) in [5, 5.41) is 16.5. The van der Waals surface area contributed by atoms with E-state index in [-0.39, 0.29) is 5.69 Å². The van der Waals surface area contributed by atoms with Crippen LogP contribution in [0.25, 0.3) is 11.3 Å². The molecule has 2 aromatic heterocycles. The molecule has 3 heterocycles. The number of fused-ring (bicyclic) bond motifs is 1. The molecule has 0 radical (unpaired) electrons. The Morgan fingerprint density at radius 1 is 1.22 bits per heavy atom. The average molecular weight is 384 g/mol. The molecule has 7 nitrogen and oxygen atoms in total. The van der Waals surface area contributed by atoms with Crippen molar-refractivity contribution in [2.24, 2.45) is 0 Å². The summed E-state index contributed by atoms with van der Waals surface area (Å²) >= 11 is 5.99. The van der Waals surface area contributed by atoms with Gasteiger partial charge in [0.1, 0.15) is 0 Å². The highest BCUT2D eigenvalue weighted by atomic mass is 35.5. The van der Waals surface area contributed by atoms with Crippen LogP contribution in [0.2, 0.25) is 5.02 Å². The van der Waals surface area contributed by atoms with Gasteiger partial charge in [0.2, 0.25) is 0 Å². The molecule has 0 saturated carbocycles. The van der Waals surface area contributed by atoms with Crippen molar-refractivity contribution in [1.29, 1.82) is 0 Å². The van der Waals surface area contributed by atoms with Gasteiger partial charge in [-0.1, -0.05) is 23.7 Å². The van der Waals surface area contributed by atoms with E-state index in [2.05, 4.69) is 25.3 Å². The maximum absolute atomic E-state index is 11.7. The van der Waals surface area contributed by atoms with Crippen LogP contribution in [0.1, 0.15) is 28.7 Å². The van der Waals surface area contributed by atoms with Crippen LogP contribution < -0.4 is 4.90 Å². The van der Waals surface area contributed by atoms with Crippen LogP contribution >= 0.6 is 11.6 Å². The summed E-state index contributed by atoms with van der Waals surface area (Å²) in [6, 6.07) is 11.1. The van der Waals surface area contributed by atoms with Gasteiger partial charge in [0.15, 0.2) is 11.5 Å². The number of hydrogen-bond donors (Lipinski definition) is 1. The van der Waals surface area contributed by atoms with Crippen molar-refractivity contribution in [2.45, 2.75) is 19.9 Å². The third kappa shape index (κ3) is 3.50. The molecule has 138 valence electrons. The molecular formula is C19H18ClN5O2. The summed E-state index contributed by atoms with van der Waals surface area (Å²) in [5.41, 5.74) is 4.42. The van der Waals surface area contributed by atoms with E-state index in [4.69, 9.17) is 16.3 Å². The topological polar surface area (TPSA) is 84.0 Å². The first-order valence-corrected chi connectivity index (χ1v) is 9.11. The summed E-state index contributed by atoms with van der Waals surface area (Å²) in [5.74, 6) is 0.259. The number of hydrogen-bond acceptors (Lipinski definition) is 6. The minimum Gasteiger partial charge on any atom is -0.461 e. The van der Waals surface area contributed by atoms with Crippen molar-refractivity contribution < 1.29 is 9.53 Å². The Morgan fingerprint density at radius 3 is 2.74 bits per heavy atom. The van der Waals surface area contributed by atoms with Gasteiger partial charge in [-0.25, -0.2) is 4.79 Å². The van der Waals surface area contributed by atoms with E-state index < -0.39 is 5.97 Å². The Balaban J connectivity index is 1.57. The first-order chi connectivity index (χ1) is 13.2. The molecule has 1 N–H and O–H groups in total. The fourth-order valence-electron chi connectivity index (χ4n) is 3.14. The summed E-state index contributed by atoms with van der Waals surface area (Å²) < 4.78 is 4.95. The number of aromatic amines is 1. The number of anilines is 1. The second kappa shape index (κ2) is 7.36. The number of nitrogens with one attached hydrogen (secondary N) is 1. The Labute approximate surface area is 161 Å². The Kier molecular flexibility index (Phi) is 4.77. The SMILES string of the molecule is CCOC(=O)c1ccc(N2CCc3[nH]nc(-c4ccc(Cl)cc4)c3C2)nn1. The lowest BCUT2D eigenvalue weighted by Crippen LogP contribution is -2.31. The molecule has 0 atom stereocenters. The molecule has 0 bridgehead atoms. The molecule has 0 saturated heterocycles. The summed E-state index contributed by atoms with van der Waals surface area (Å²) in [6.07, 6.45) is 0.831. The van der Waals surface area contributed by atoms with Crippen LogP contribution in [0.4, 0.5) is 5.82 Å². The van der Waals surface area contributed by atoms with E-state index in [9.17, 15) is 4.79 Å². The molecule has 0 spiro atoms. The Hall–Kier alpha value is -2.93. The largest absolute Gasteiger partial charge is 0.461 e. The maximum atomic E-state index is 11.7. The van der Waals surface area contributed by atoms with E-state index in [1.165, 1.54) is 0 Å². The molecule has 0 amide bonds. The van der Waals surface area contributed by atoms with Gasteiger partial charge in [-0.05, 0) is 31.2 Å². The second-order valence-electron chi connectivity index (χ2n) is 6.21. The lowest BCUT2D eigenvalue weighted by atomic mass is 10.0. The molecule has 1 aliphatic rings. The zero-order valence-electron chi connectivity index (χ0n) is 14.8. The summed E-state index contributed by atoms with van der Waals surface area (Å²) in [7, 11) is 0. The van der Waals surface area contributed by atoms with Gasteiger partial charge in [0, 0.05) is 41.4 Å². The minimum atomic E-state index is -0.461. The number of rotatable bonds is 4. The number of carbonyl (C=O) groups excluding carboxylic acids is 1. The highest BCUT2D eigenvalue weighted by Crippen LogP contribution is 2.30. The van der Waals surface area contributed by atoms with Gasteiger partial charge >= 0.3 is 5.97 Å². The molecule has 3 aromatic rings. The van der Waals surface area contributed by atoms with E-state index >= 15 is 0 Å². The van der Waals surface area contributed by atoms with Crippen LogP contribution in [0.15, 0.2) is 36.4 Å². The molecule has 0 fully saturated rings. The molecular weight excluding hydrogens is 366 g/mol. The van der Waals surface area contributed by atoms with Crippen LogP contribution in [0.5, 0.6) is 0 Å². The number of esters is 1. The van der Waals surface area contributed by atoms with E-state index in [0.29, 0.717) is 18.2 Å². The fraction of sp³-hybridized carbons (Fsp3) is 0.263. The van der Waals surface area contributed by atoms with Crippen molar-refractivity contribution >= 4 is 23.4 Å². The second-order valence-corrected chi connectivity index (χ2v) is 6.64. The van der Waals surface area contributed by atoms with E-state index in [0.717, 1.165) is 41.3 Å². The van der Waals surface area contributed by atoms with Gasteiger partial charge in [-0.2, -0.15) is 5.10 Å². The molecule has 27 heavy (non-hydrogen) atoms. The van der Waals surface area contributed by atoms with Crippen molar-refractivity contribution in [2.75, 3.05) is 18.1 Å². The predicted molar refractivity (Wildman–Crippen MR) is 102 cm³/mol. The molecule has 1 aromatic carbocycles. The lowest BCUT2D eigenvalue weighted by Gasteiger charge is -2.27. The molecule has 4 rings (SSSR count). The summed E-state index contributed by atoms with van der Waals surface area (Å²) in [4.78, 5) is 13.9. The lowest BCUT2D eigenvalue weighted by molar-refractivity contribution is 0.0518. The number of benzene rings is 1. The minimum absolute atomic E-state index is 0.212. The molecule has 8 heteroatoms. The standard InChI is InChI=1S/C19H18ClN5O2/c1-2-27-19(26)16-7-8-17(23-22-16)25-10-9-15-14(11-25)18(24-21-15)12-3-5-13(20)6-4-12/h3-8H,2,9-11H2,1H3,(H,21,24). The van der Waals surface area contributed by atoms with Crippen molar-refractivity contribution in [3.8, 4) is 11.3 Å². The average Bonchev–Trinajstić information content (AvgIpc) is 3.12. The number of carbonyl (C=O) groups is 1. The van der Waals surface area contributed by atoms with Crippen molar-refractivity contribution in [3.05, 3.63) is 58.4 Å². The third-order valence-corrected chi connectivity index (χ3v) is 4.76. The van der Waals surface area contributed by atoms with Crippen molar-refractivity contribution in [3.63, 3.8) is 0 Å². The van der Waals surface area contributed by atoms with Crippen molar-refractivity contribution in [1.82, 2.24) is 20.4 Å². The Morgan fingerprint density at radius 2 is 2.04 bits per heavy atom. The molecule has 0 unspecified atom stereocenters. The zero-order valence-corrected chi connectivity index (χ0v) is 15.5. The zero-order chi connectivity index (χ0) is 18.8. The van der Waals surface area contributed by atoms with Gasteiger partial charge < -0.3 is 9.64 Å². The van der Waals surface area contributed by atoms with Crippen LogP contribution in [0, 0.1) is 0 Å². The quantitative estimate of drug-likeness (QED) is 0.696. The maximum Gasteiger partial charge on any atom is 0.358 e. The van der Waals surface area contributed by atoms with Gasteiger partial charge in [-0.15, -0.1) is 10.2 Å². The predicted octanol–water partition coefficient (Wildman–Crippen LogP) is 3.26. The van der Waals surface area contributed by atoms with Gasteiger partial charge in [0.05, 0.1) is 12.3 Å². The first-order valence-electron chi connectivity index (χ1n) is 8.73. The molecule has 0 aliphatic carbocycles. The van der Waals surface area contributed by atoms with Gasteiger partial charge in [-0.3, -0.25) is 5.10 Å². The van der Waals surface area contributed by atoms with E-state index in [1.807, 2.05) is 24.3 Å². The number of ether oxygens (including phenoxy) is 1. The van der Waals surface area contributed by atoms with Crippen LogP contribution in [0.3, 0.4) is 0 Å². The summed E-state index contributed by atoms with van der Waals surface area (Å²) in [6.45, 7) is 3.53. The monoisotopic (exact) mass is 383 g/mol. The normalized spacial score (nSPS) is 13.3. The third-order valence-electron chi connectivity index (χ3n) is 4.51. The van der Waals surface area contributed by atoms with Crippen LogP contribution in [-0.2, 0) is 17.7 Å². The number of H-pyrrole nitrogens is 1. The van der Waals surface area contributed by atoms with E-state index in [1.54, 1.807) is 19.1 Å². The molecule has 1 aliphatic heterocycles. The Bertz CT molecular complexity index is 953. The number of nitrogens with zero attached hydrogens (tertiary/aromatic N) is 4. The number of halogens is 1. The highest BCUT2D eigenvalue weighted by molar-refractivity contribution is 6.30. The van der Waals surface area contributed by atoms with Crippen LogP contribution in [-0.4, -0.2) is 39.5 Å². The first kappa shape index (κ1) is 17.5. The van der Waals surface area contributed by atoms with Gasteiger partial charge in [0.25, 0.3) is 0 Å². The fourth-order valence-corrected chi connectivity index (χ4v) is 3.27.